The number of hydrogen-bond donors (Lipinski definition) is 2. The topological polar surface area (TPSA) is 59.6 Å². The maximum absolute atomic E-state index is 11.6. The second kappa shape index (κ2) is 7.43. The van der Waals surface area contributed by atoms with Crippen LogP contribution in [0.3, 0.4) is 0 Å². The van der Waals surface area contributed by atoms with Crippen LogP contribution in [0.25, 0.3) is 0 Å². The van der Waals surface area contributed by atoms with Crippen molar-refractivity contribution < 1.29 is 27.5 Å². The standard InChI is InChI=1S/C7H13F3N2O3/c1-14-2-3-15-12-4-6(13)11-5-7(8,9)10/h12H,2-5H2,1H3,(H,11,13). The number of carbonyl (C=O) groups is 1. The van der Waals surface area contributed by atoms with E-state index in [-0.39, 0.29) is 13.2 Å². The average Bonchev–Trinajstić information content (AvgIpc) is 2.13. The van der Waals surface area contributed by atoms with Gasteiger partial charge < -0.3 is 10.1 Å². The van der Waals surface area contributed by atoms with Gasteiger partial charge in [0.2, 0.25) is 5.91 Å². The summed E-state index contributed by atoms with van der Waals surface area (Å²) in [6.07, 6.45) is -4.40. The molecule has 0 spiro atoms. The molecule has 0 saturated carbocycles. The van der Waals surface area contributed by atoms with Crippen molar-refractivity contribution in [1.82, 2.24) is 10.8 Å². The number of methoxy groups -OCH3 is 1. The number of rotatable bonds is 7. The quantitative estimate of drug-likeness (QED) is 0.471. The van der Waals surface area contributed by atoms with Crippen molar-refractivity contribution in [2.75, 3.05) is 33.4 Å². The zero-order chi connectivity index (χ0) is 11.7. The minimum atomic E-state index is -4.40. The summed E-state index contributed by atoms with van der Waals surface area (Å²) < 4.78 is 39.5. The van der Waals surface area contributed by atoms with Crippen molar-refractivity contribution in [2.24, 2.45) is 0 Å². The number of hydrogen-bond acceptors (Lipinski definition) is 4. The number of halogens is 3. The molecule has 15 heavy (non-hydrogen) atoms. The summed E-state index contributed by atoms with van der Waals surface area (Å²) >= 11 is 0. The summed E-state index contributed by atoms with van der Waals surface area (Å²) in [7, 11) is 1.47. The van der Waals surface area contributed by atoms with E-state index in [0.29, 0.717) is 6.61 Å². The van der Waals surface area contributed by atoms with Gasteiger partial charge in [-0.15, -0.1) is 0 Å². The molecule has 0 aliphatic rings. The van der Waals surface area contributed by atoms with E-state index in [1.54, 1.807) is 5.32 Å². The molecule has 0 unspecified atom stereocenters. The SMILES string of the molecule is COCCONCC(=O)NCC(F)(F)F. The Kier molecular flexibility index (Phi) is 7.01. The Bertz CT molecular complexity index is 187. The molecule has 0 atom stereocenters. The van der Waals surface area contributed by atoms with Crippen LogP contribution in [0, 0.1) is 0 Å². The van der Waals surface area contributed by atoms with E-state index in [4.69, 9.17) is 0 Å². The van der Waals surface area contributed by atoms with Gasteiger partial charge in [0.15, 0.2) is 0 Å². The van der Waals surface area contributed by atoms with Crippen LogP contribution in [0.5, 0.6) is 0 Å². The van der Waals surface area contributed by atoms with Gasteiger partial charge in [-0.2, -0.15) is 18.7 Å². The van der Waals surface area contributed by atoms with Crippen molar-refractivity contribution >= 4 is 5.91 Å². The fourth-order valence-electron chi connectivity index (χ4n) is 0.575. The largest absolute Gasteiger partial charge is 0.405 e. The fourth-order valence-corrected chi connectivity index (χ4v) is 0.575. The molecule has 1 amide bonds. The Morgan fingerprint density at radius 3 is 2.53 bits per heavy atom. The smallest absolute Gasteiger partial charge is 0.382 e. The van der Waals surface area contributed by atoms with Crippen LogP contribution in [0.1, 0.15) is 0 Å². The average molecular weight is 230 g/mol. The van der Waals surface area contributed by atoms with Crippen LogP contribution < -0.4 is 10.8 Å². The summed E-state index contributed by atoms with van der Waals surface area (Å²) in [5, 5.41) is 1.68. The molecule has 0 aromatic heterocycles. The predicted molar refractivity (Wildman–Crippen MR) is 44.9 cm³/mol. The maximum atomic E-state index is 11.6. The third kappa shape index (κ3) is 11.1. The van der Waals surface area contributed by atoms with E-state index in [9.17, 15) is 18.0 Å². The highest BCUT2D eigenvalue weighted by Crippen LogP contribution is 2.11. The minimum Gasteiger partial charge on any atom is -0.382 e. The van der Waals surface area contributed by atoms with Gasteiger partial charge in [-0.05, 0) is 0 Å². The second-order valence-corrected chi connectivity index (χ2v) is 2.55. The summed E-state index contributed by atoms with van der Waals surface area (Å²) in [4.78, 5) is 15.4. The Morgan fingerprint density at radius 1 is 1.33 bits per heavy atom. The Labute approximate surface area is 84.9 Å². The number of ether oxygens (including phenoxy) is 1. The molecule has 5 nitrogen and oxygen atoms in total. The summed E-state index contributed by atoms with van der Waals surface area (Å²) in [6.45, 7) is -1.13. The third-order valence-electron chi connectivity index (χ3n) is 1.21. The normalized spacial score (nSPS) is 11.5. The van der Waals surface area contributed by atoms with Crippen LogP contribution >= 0.6 is 0 Å². The van der Waals surface area contributed by atoms with Crippen LogP contribution in [-0.4, -0.2) is 45.5 Å². The van der Waals surface area contributed by atoms with E-state index < -0.39 is 18.6 Å². The highest BCUT2D eigenvalue weighted by molar-refractivity contribution is 5.77. The van der Waals surface area contributed by atoms with E-state index >= 15 is 0 Å². The highest BCUT2D eigenvalue weighted by Gasteiger charge is 2.27. The Hall–Kier alpha value is -0.860. The first-order chi connectivity index (χ1) is 6.95. The van der Waals surface area contributed by atoms with Gasteiger partial charge in [0.05, 0.1) is 19.8 Å². The first-order valence-corrected chi connectivity index (χ1v) is 4.13. The monoisotopic (exact) mass is 230 g/mol. The number of hydroxylamine groups is 1. The zero-order valence-electron chi connectivity index (χ0n) is 8.19. The number of alkyl halides is 3. The first kappa shape index (κ1) is 14.1. The lowest BCUT2D eigenvalue weighted by molar-refractivity contribution is -0.139. The molecule has 0 aromatic rings. The van der Waals surface area contributed by atoms with Gasteiger partial charge in [0, 0.05) is 7.11 Å². The van der Waals surface area contributed by atoms with Crippen molar-refractivity contribution in [2.45, 2.75) is 6.18 Å². The van der Waals surface area contributed by atoms with Crippen LogP contribution in [0.15, 0.2) is 0 Å². The van der Waals surface area contributed by atoms with Crippen LogP contribution in [0.2, 0.25) is 0 Å². The summed E-state index contributed by atoms with van der Waals surface area (Å²) in [5.74, 6) is -0.787. The van der Waals surface area contributed by atoms with Gasteiger partial charge >= 0.3 is 6.18 Å². The molecule has 8 heteroatoms. The summed E-state index contributed by atoms with van der Waals surface area (Å²) in [5.41, 5.74) is 2.20. The number of nitrogens with one attached hydrogen (secondary N) is 2. The molecule has 0 fully saturated rings. The van der Waals surface area contributed by atoms with Crippen molar-refractivity contribution in [3.8, 4) is 0 Å². The predicted octanol–water partition coefficient (Wildman–Crippen LogP) is -0.168. The zero-order valence-corrected chi connectivity index (χ0v) is 8.19. The van der Waals surface area contributed by atoms with Crippen molar-refractivity contribution in [3.05, 3.63) is 0 Å². The van der Waals surface area contributed by atoms with E-state index in [2.05, 4.69) is 15.1 Å². The van der Waals surface area contributed by atoms with E-state index in [1.165, 1.54) is 7.11 Å². The number of carbonyl (C=O) groups excluding carboxylic acids is 1. The van der Waals surface area contributed by atoms with Gasteiger partial charge in [-0.3, -0.25) is 9.63 Å². The van der Waals surface area contributed by atoms with Crippen molar-refractivity contribution in [1.29, 1.82) is 0 Å². The second-order valence-electron chi connectivity index (χ2n) is 2.55. The number of amides is 1. The molecule has 0 aliphatic heterocycles. The lowest BCUT2D eigenvalue weighted by Gasteiger charge is -2.08. The minimum absolute atomic E-state index is 0.211. The molecule has 0 saturated heterocycles. The molecule has 0 rings (SSSR count). The molecular weight excluding hydrogens is 217 g/mol. The fraction of sp³-hybridized carbons (Fsp3) is 0.857. The third-order valence-corrected chi connectivity index (χ3v) is 1.21. The van der Waals surface area contributed by atoms with Gasteiger partial charge in [-0.1, -0.05) is 0 Å². The highest BCUT2D eigenvalue weighted by atomic mass is 19.4. The van der Waals surface area contributed by atoms with E-state index in [0.717, 1.165) is 0 Å². The van der Waals surface area contributed by atoms with Gasteiger partial charge in [0.1, 0.15) is 6.54 Å². The lowest BCUT2D eigenvalue weighted by atomic mass is 10.5. The molecule has 0 bridgehead atoms. The molecule has 90 valence electrons. The van der Waals surface area contributed by atoms with Crippen molar-refractivity contribution in [3.63, 3.8) is 0 Å². The summed E-state index contributed by atoms with van der Waals surface area (Å²) in [6, 6.07) is 0. The molecule has 0 radical (unpaired) electrons. The maximum Gasteiger partial charge on any atom is 0.405 e. The molecule has 0 aliphatic carbocycles. The molecule has 0 aromatic carbocycles. The molecule has 0 heterocycles. The molecule has 2 N–H and O–H groups in total. The Morgan fingerprint density at radius 2 is 2.00 bits per heavy atom. The van der Waals surface area contributed by atoms with Crippen LogP contribution in [0.4, 0.5) is 13.2 Å². The lowest BCUT2D eigenvalue weighted by Crippen LogP contribution is -2.39. The first-order valence-electron chi connectivity index (χ1n) is 4.13. The Balaban J connectivity index is 3.34. The van der Waals surface area contributed by atoms with Gasteiger partial charge in [0.25, 0.3) is 0 Å². The van der Waals surface area contributed by atoms with E-state index in [1.807, 2.05) is 0 Å². The van der Waals surface area contributed by atoms with Crippen LogP contribution in [-0.2, 0) is 14.4 Å². The molecular formula is C7H13F3N2O3. The van der Waals surface area contributed by atoms with Gasteiger partial charge in [-0.25, -0.2) is 0 Å².